The van der Waals surface area contributed by atoms with E-state index in [1.807, 2.05) is 12.1 Å². The van der Waals surface area contributed by atoms with Crippen LogP contribution in [0.15, 0.2) is 48.5 Å². The third kappa shape index (κ3) is 2.39. The zero-order valence-electron chi connectivity index (χ0n) is 10.5. The van der Waals surface area contributed by atoms with E-state index in [1.54, 1.807) is 0 Å². The topological polar surface area (TPSA) is 29.3 Å². The third-order valence-electron chi connectivity index (χ3n) is 3.60. The van der Waals surface area contributed by atoms with Crippen molar-refractivity contribution in [2.75, 3.05) is 12.3 Å². The molecule has 1 heterocycles. The lowest BCUT2D eigenvalue weighted by Crippen LogP contribution is -2.29. The molecule has 0 spiro atoms. The highest BCUT2D eigenvalue weighted by Gasteiger charge is 2.15. The van der Waals surface area contributed by atoms with Gasteiger partial charge in [-0.3, -0.25) is 4.90 Å². The van der Waals surface area contributed by atoms with Crippen LogP contribution < -0.4 is 5.73 Å². The van der Waals surface area contributed by atoms with Crippen molar-refractivity contribution in [1.29, 1.82) is 0 Å². The highest BCUT2D eigenvalue weighted by Crippen LogP contribution is 2.20. The van der Waals surface area contributed by atoms with Crippen LogP contribution in [0.3, 0.4) is 0 Å². The van der Waals surface area contributed by atoms with E-state index in [0.29, 0.717) is 0 Å². The second-order valence-corrected chi connectivity index (χ2v) is 4.97. The summed E-state index contributed by atoms with van der Waals surface area (Å²) in [5, 5.41) is 0. The SMILES string of the molecule is Nc1ccc(CN2CCc3ccccc3C2)cc1. The number of anilines is 1. The monoisotopic (exact) mass is 238 g/mol. The van der Waals surface area contributed by atoms with Crippen molar-refractivity contribution in [2.24, 2.45) is 0 Å². The lowest BCUT2D eigenvalue weighted by Gasteiger charge is -2.28. The van der Waals surface area contributed by atoms with E-state index in [4.69, 9.17) is 5.73 Å². The van der Waals surface area contributed by atoms with Crippen molar-refractivity contribution in [1.82, 2.24) is 4.90 Å². The van der Waals surface area contributed by atoms with Crippen molar-refractivity contribution in [3.63, 3.8) is 0 Å². The van der Waals surface area contributed by atoms with Gasteiger partial charge in [-0.15, -0.1) is 0 Å². The zero-order valence-corrected chi connectivity index (χ0v) is 10.5. The van der Waals surface area contributed by atoms with Crippen LogP contribution in [0.2, 0.25) is 0 Å². The molecule has 0 saturated heterocycles. The van der Waals surface area contributed by atoms with Gasteiger partial charge in [0.05, 0.1) is 0 Å². The minimum Gasteiger partial charge on any atom is -0.399 e. The Bertz CT molecular complexity index is 531. The maximum atomic E-state index is 5.71. The molecule has 1 aliphatic heterocycles. The maximum Gasteiger partial charge on any atom is 0.0314 e. The first-order valence-electron chi connectivity index (χ1n) is 6.45. The molecule has 18 heavy (non-hydrogen) atoms. The van der Waals surface area contributed by atoms with Crippen LogP contribution in [0.5, 0.6) is 0 Å². The van der Waals surface area contributed by atoms with Crippen LogP contribution in [0.4, 0.5) is 5.69 Å². The largest absolute Gasteiger partial charge is 0.399 e. The van der Waals surface area contributed by atoms with Gasteiger partial charge in [-0.05, 0) is 35.2 Å². The molecule has 0 unspecified atom stereocenters. The normalized spacial score (nSPS) is 15.3. The number of fused-ring (bicyclic) bond motifs is 1. The Kier molecular flexibility index (Phi) is 3.03. The summed E-state index contributed by atoms with van der Waals surface area (Å²) in [4.78, 5) is 2.49. The molecular weight excluding hydrogens is 220 g/mol. The maximum absolute atomic E-state index is 5.71. The Morgan fingerprint density at radius 3 is 2.44 bits per heavy atom. The lowest BCUT2D eigenvalue weighted by molar-refractivity contribution is 0.245. The minimum absolute atomic E-state index is 0.836. The first-order chi connectivity index (χ1) is 8.81. The van der Waals surface area contributed by atoms with Crippen molar-refractivity contribution < 1.29 is 0 Å². The van der Waals surface area contributed by atoms with Crippen LogP contribution in [-0.2, 0) is 19.5 Å². The van der Waals surface area contributed by atoms with Crippen molar-refractivity contribution in [3.8, 4) is 0 Å². The molecule has 0 fully saturated rings. The Hall–Kier alpha value is -1.80. The smallest absolute Gasteiger partial charge is 0.0314 e. The number of rotatable bonds is 2. The molecule has 0 saturated carbocycles. The summed E-state index contributed by atoms with van der Waals surface area (Å²) in [6.07, 6.45) is 1.16. The van der Waals surface area contributed by atoms with Crippen LogP contribution >= 0.6 is 0 Å². The second kappa shape index (κ2) is 4.83. The van der Waals surface area contributed by atoms with Crippen LogP contribution in [0.1, 0.15) is 16.7 Å². The summed E-state index contributed by atoms with van der Waals surface area (Å²) < 4.78 is 0. The summed E-state index contributed by atoms with van der Waals surface area (Å²) in [5.74, 6) is 0. The molecule has 0 aromatic heterocycles. The Morgan fingerprint density at radius 1 is 0.944 bits per heavy atom. The molecule has 2 aromatic carbocycles. The number of benzene rings is 2. The highest BCUT2D eigenvalue weighted by molar-refractivity contribution is 5.39. The van der Waals surface area contributed by atoms with E-state index in [1.165, 1.54) is 16.7 Å². The van der Waals surface area contributed by atoms with E-state index in [-0.39, 0.29) is 0 Å². The van der Waals surface area contributed by atoms with Gasteiger partial charge in [0.25, 0.3) is 0 Å². The number of nitrogens with two attached hydrogens (primary N) is 1. The molecule has 0 bridgehead atoms. The lowest BCUT2D eigenvalue weighted by atomic mass is 9.99. The molecule has 2 nitrogen and oxygen atoms in total. The Morgan fingerprint density at radius 2 is 1.67 bits per heavy atom. The number of hydrogen-bond donors (Lipinski definition) is 1. The van der Waals surface area contributed by atoms with E-state index < -0.39 is 0 Å². The van der Waals surface area contributed by atoms with Gasteiger partial charge in [0, 0.05) is 25.3 Å². The molecule has 2 heteroatoms. The van der Waals surface area contributed by atoms with Gasteiger partial charge in [-0.2, -0.15) is 0 Å². The van der Waals surface area contributed by atoms with Crippen LogP contribution in [-0.4, -0.2) is 11.4 Å². The third-order valence-corrected chi connectivity index (χ3v) is 3.60. The molecule has 0 amide bonds. The second-order valence-electron chi connectivity index (χ2n) is 4.97. The molecule has 1 aliphatic rings. The predicted molar refractivity (Wildman–Crippen MR) is 75.1 cm³/mol. The van der Waals surface area contributed by atoms with Gasteiger partial charge in [-0.1, -0.05) is 36.4 Å². The average Bonchev–Trinajstić information content (AvgIpc) is 2.41. The molecule has 0 atom stereocenters. The van der Waals surface area contributed by atoms with E-state index in [0.717, 1.165) is 31.7 Å². The molecular formula is C16H18N2. The van der Waals surface area contributed by atoms with Crippen LogP contribution in [0, 0.1) is 0 Å². The van der Waals surface area contributed by atoms with Crippen LogP contribution in [0.25, 0.3) is 0 Å². The standard InChI is InChI=1S/C16H18N2/c17-16-7-5-13(6-8-16)11-18-10-9-14-3-1-2-4-15(14)12-18/h1-8H,9-12,17H2. The minimum atomic E-state index is 0.836. The highest BCUT2D eigenvalue weighted by atomic mass is 15.1. The average molecular weight is 238 g/mol. The first kappa shape index (κ1) is 11.3. The van der Waals surface area contributed by atoms with Gasteiger partial charge in [0.15, 0.2) is 0 Å². The van der Waals surface area contributed by atoms with Gasteiger partial charge in [0.2, 0.25) is 0 Å². The summed E-state index contributed by atoms with van der Waals surface area (Å²) in [6, 6.07) is 17.0. The molecule has 0 radical (unpaired) electrons. The fourth-order valence-corrected chi connectivity index (χ4v) is 2.57. The Balaban J connectivity index is 1.71. The fourth-order valence-electron chi connectivity index (χ4n) is 2.57. The quantitative estimate of drug-likeness (QED) is 0.815. The molecule has 2 N–H and O–H groups in total. The van der Waals surface area contributed by atoms with Gasteiger partial charge in [0.1, 0.15) is 0 Å². The molecule has 2 aromatic rings. The predicted octanol–water partition coefficient (Wildman–Crippen LogP) is 2.83. The van der Waals surface area contributed by atoms with E-state index in [2.05, 4.69) is 41.3 Å². The van der Waals surface area contributed by atoms with E-state index in [9.17, 15) is 0 Å². The zero-order chi connectivity index (χ0) is 12.4. The molecule has 3 rings (SSSR count). The summed E-state index contributed by atoms with van der Waals surface area (Å²) in [6.45, 7) is 3.20. The number of nitrogen functional groups attached to an aromatic ring is 1. The number of nitrogens with zero attached hydrogens (tertiary/aromatic N) is 1. The summed E-state index contributed by atoms with van der Waals surface area (Å²) in [7, 11) is 0. The summed E-state index contributed by atoms with van der Waals surface area (Å²) in [5.41, 5.74) is 10.9. The first-order valence-corrected chi connectivity index (χ1v) is 6.45. The Labute approximate surface area is 108 Å². The van der Waals surface area contributed by atoms with E-state index >= 15 is 0 Å². The molecule has 0 aliphatic carbocycles. The number of hydrogen-bond acceptors (Lipinski definition) is 2. The van der Waals surface area contributed by atoms with Gasteiger partial charge < -0.3 is 5.73 Å². The van der Waals surface area contributed by atoms with Crippen molar-refractivity contribution in [3.05, 3.63) is 65.2 Å². The van der Waals surface area contributed by atoms with Crippen molar-refractivity contribution >= 4 is 5.69 Å². The van der Waals surface area contributed by atoms with Gasteiger partial charge >= 0.3 is 0 Å². The van der Waals surface area contributed by atoms with Crippen molar-refractivity contribution in [2.45, 2.75) is 19.5 Å². The van der Waals surface area contributed by atoms with Gasteiger partial charge in [-0.25, -0.2) is 0 Å². The molecule has 92 valence electrons. The fraction of sp³-hybridized carbons (Fsp3) is 0.250. The summed E-state index contributed by atoms with van der Waals surface area (Å²) >= 11 is 0.